The largest absolute Gasteiger partial charge is 0.496 e. The highest BCUT2D eigenvalue weighted by Crippen LogP contribution is 2.34. The molecule has 3 heteroatoms. The van der Waals surface area contributed by atoms with Crippen molar-refractivity contribution in [1.29, 1.82) is 0 Å². The molecule has 0 N–H and O–H groups in total. The molecule has 0 bridgehead atoms. The molecule has 0 spiro atoms. The number of unbranched alkanes of at least 4 members (excludes halogenated alkanes) is 6. The minimum Gasteiger partial charge on any atom is -0.496 e. The number of methoxy groups -OCH3 is 1. The highest BCUT2D eigenvalue weighted by atomic mass is 79.9. The number of ether oxygens (including phenoxy) is 1. The van der Waals surface area contributed by atoms with E-state index in [1.807, 2.05) is 6.07 Å². The Bertz CT molecular complexity index is 379. The first-order valence-corrected chi connectivity index (χ1v) is 9.37. The number of hydrogen-bond acceptors (Lipinski definition) is 1. The summed E-state index contributed by atoms with van der Waals surface area (Å²) in [6, 6.07) is 6.32. The fraction of sp³-hybridized carbons (Fsp3) is 0.647. The van der Waals surface area contributed by atoms with E-state index in [4.69, 9.17) is 4.74 Å². The maximum absolute atomic E-state index is 5.26. The van der Waals surface area contributed by atoms with Gasteiger partial charge in [-0.2, -0.15) is 0 Å². The van der Waals surface area contributed by atoms with Crippen molar-refractivity contribution in [2.75, 3.05) is 7.11 Å². The Labute approximate surface area is 140 Å². The van der Waals surface area contributed by atoms with Gasteiger partial charge >= 0.3 is 0 Å². The van der Waals surface area contributed by atoms with Gasteiger partial charge in [-0.05, 0) is 40.0 Å². The van der Waals surface area contributed by atoms with Gasteiger partial charge in [-0.25, -0.2) is 0 Å². The first-order valence-electron chi connectivity index (χ1n) is 7.66. The maximum atomic E-state index is 5.26. The van der Waals surface area contributed by atoms with Crippen LogP contribution in [-0.4, -0.2) is 7.11 Å². The highest BCUT2D eigenvalue weighted by Gasteiger charge is 2.09. The second kappa shape index (κ2) is 10.7. The first kappa shape index (κ1) is 18.0. The van der Waals surface area contributed by atoms with Gasteiger partial charge in [0, 0.05) is 4.83 Å². The Balaban J connectivity index is 2.25. The molecule has 0 saturated heterocycles. The molecule has 1 atom stereocenters. The Morgan fingerprint density at radius 1 is 1.05 bits per heavy atom. The third kappa shape index (κ3) is 6.62. The topological polar surface area (TPSA) is 9.23 Å². The van der Waals surface area contributed by atoms with Gasteiger partial charge in [-0.15, -0.1) is 0 Å². The van der Waals surface area contributed by atoms with Crippen LogP contribution in [0.2, 0.25) is 0 Å². The van der Waals surface area contributed by atoms with Crippen LogP contribution >= 0.6 is 31.9 Å². The number of hydrogen-bond donors (Lipinski definition) is 0. The maximum Gasteiger partial charge on any atom is 0.133 e. The van der Waals surface area contributed by atoms with Crippen LogP contribution in [0.3, 0.4) is 0 Å². The lowest BCUT2D eigenvalue weighted by Crippen LogP contribution is -1.92. The minimum atomic E-state index is 0.445. The molecule has 0 aliphatic heterocycles. The van der Waals surface area contributed by atoms with Crippen molar-refractivity contribution >= 4 is 31.9 Å². The average Bonchev–Trinajstić information content (AvgIpc) is 2.46. The van der Waals surface area contributed by atoms with Crippen molar-refractivity contribution in [2.24, 2.45) is 0 Å². The van der Waals surface area contributed by atoms with E-state index in [9.17, 15) is 0 Å². The molecule has 20 heavy (non-hydrogen) atoms. The predicted molar refractivity (Wildman–Crippen MR) is 95.0 cm³/mol. The molecule has 1 aromatic rings. The second-order valence-corrected chi connectivity index (χ2v) is 7.23. The van der Waals surface area contributed by atoms with Crippen LogP contribution in [-0.2, 0) is 0 Å². The zero-order valence-electron chi connectivity index (χ0n) is 12.6. The summed E-state index contributed by atoms with van der Waals surface area (Å²) in [6.45, 7) is 2.27. The standard InChI is InChI=1S/C17H26Br2O/c1-3-4-5-6-7-8-9-10-15(18)14-11-12-17(20-2)16(19)13-14/h11-13,15H,3-10H2,1-2H3. The summed E-state index contributed by atoms with van der Waals surface area (Å²) < 4.78 is 6.29. The van der Waals surface area contributed by atoms with Gasteiger partial charge < -0.3 is 4.74 Å². The molecule has 1 aromatic carbocycles. The van der Waals surface area contributed by atoms with Gasteiger partial charge in [-0.1, -0.05) is 73.9 Å². The SMILES string of the molecule is CCCCCCCCCC(Br)c1ccc(OC)c(Br)c1. The van der Waals surface area contributed by atoms with Crippen molar-refractivity contribution in [3.63, 3.8) is 0 Å². The van der Waals surface area contributed by atoms with E-state index in [0.717, 1.165) is 10.2 Å². The molecule has 0 aliphatic rings. The van der Waals surface area contributed by atoms with Crippen LogP contribution < -0.4 is 4.74 Å². The van der Waals surface area contributed by atoms with Gasteiger partial charge in [0.15, 0.2) is 0 Å². The van der Waals surface area contributed by atoms with E-state index in [-0.39, 0.29) is 0 Å². The summed E-state index contributed by atoms with van der Waals surface area (Å²) in [6.07, 6.45) is 10.7. The number of rotatable bonds is 10. The van der Waals surface area contributed by atoms with Crippen LogP contribution in [0.25, 0.3) is 0 Å². The van der Waals surface area contributed by atoms with E-state index < -0.39 is 0 Å². The van der Waals surface area contributed by atoms with E-state index in [0.29, 0.717) is 4.83 Å². The second-order valence-electron chi connectivity index (χ2n) is 5.27. The zero-order valence-corrected chi connectivity index (χ0v) is 15.8. The van der Waals surface area contributed by atoms with Crippen LogP contribution in [0.5, 0.6) is 5.75 Å². The van der Waals surface area contributed by atoms with Crippen molar-refractivity contribution in [1.82, 2.24) is 0 Å². The molecule has 0 amide bonds. The van der Waals surface area contributed by atoms with Crippen LogP contribution in [0, 0.1) is 0 Å². The molecular formula is C17H26Br2O. The minimum absolute atomic E-state index is 0.445. The van der Waals surface area contributed by atoms with Gasteiger partial charge in [0.05, 0.1) is 11.6 Å². The first-order chi connectivity index (χ1) is 9.69. The summed E-state index contributed by atoms with van der Waals surface area (Å²) in [5.74, 6) is 0.893. The van der Waals surface area contributed by atoms with Crippen molar-refractivity contribution in [3.05, 3.63) is 28.2 Å². The van der Waals surface area contributed by atoms with Crippen LogP contribution in [0.1, 0.15) is 68.7 Å². The summed E-state index contributed by atoms with van der Waals surface area (Å²) in [7, 11) is 1.70. The summed E-state index contributed by atoms with van der Waals surface area (Å²) >= 11 is 7.35. The molecule has 1 unspecified atom stereocenters. The average molecular weight is 406 g/mol. The lowest BCUT2D eigenvalue weighted by molar-refractivity contribution is 0.412. The molecule has 0 aliphatic carbocycles. The molecule has 0 saturated carbocycles. The number of halogens is 2. The third-order valence-electron chi connectivity index (χ3n) is 3.60. The highest BCUT2D eigenvalue weighted by molar-refractivity contribution is 9.10. The van der Waals surface area contributed by atoms with E-state index in [1.165, 1.54) is 56.9 Å². The summed E-state index contributed by atoms with van der Waals surface area (Å²) in [4.78, 5) is 0.445. The van der Waals surface area contributed by atoms with E-state index in [1.54, 1.807) is 7.11 Å². The smallest absolute Gasteiger partial charge is 0.133 e. The summed E-state index contributed by atoms with van der Waals surface area (Å²) in [5.41, 5.74) is 1.32. The lowest BCUT2D eigenvalue weighted by Gasteiger charge is -2.12. The zero-order chi connectivity index (χ0) is 14.8. The van der Waals surface area contributed by atoms with E-state index >= 15 is 0 Å². The Kier molecular flexibility index (Phi) is 9.62. The lowest BCUT2D eigenvalue weighted by atomic mass is 10.0. The fourth-order valence-corrected chi connectivity index (χ4v) is 3.49. The number of benzene rings is 1. The Hall–Kier alpha value is -0.0200. The normalized spacial score (nSPS) is 12.4. The molecule has 0 heterocycles. The predicted octanol–water partition coefficient (Wildman–Crippen LogP) is 7.03. The number of alkyl halides is 1. The van der Waals surface area contributed by atoms with Crippen molar-refractivity contribution in [2.45, 2.75) is 63.1 Å². The molecular weight excluding hydrogens is 380 g/mol. The van der Waals surface area contributed by atoms with Gasteiger partial charge in [-0.3, -0.25) is 0 Å². The third-order valence-corrected chi connectivity index (χ3v) is 5.20. The molecule has 1 nitrogen and oxygen atoms in total. The fourth-order valence-electron chi connectivity index (χ4n) is 2.32. The van der Waals surface area contributed by atoms with Gasteiger partial charge in [0.2, 0.25) is 0 Å². The van der Waals surface area contributed by atoms with Crippen molar-refractivity contribution in [3.8, 4) is 5.75 Å². The quantitative estimate of drug-likeness (QED) is 0.299. The molecule has 0 radical (unpaired) electrons. The van der Waals surface area contributed by atoms with E-state index in [2.05, 4.69) is 50.9 Å². The van der Waals surface area contributed by atoms with Crippen LogP contribution in [0.4, 0.5) is 0 Å². The monoisotopic (exact) mass is 404 g/mol. The molecule has 114 valence electrons. The Morgan fingerprint density at radius 2 is 1.70 bits per heavy atom. The van der Waals surface area contributed by atoms with Gasteiger partial charge in [0.25, 0.3) is 0 Å². The Morgan fingerprint density at radius 3 is 2.30 bits per heavy atom. The van der Waals surface area contributed by atoms with Crippen molar-refractivity contribution < 1.29 is 4.74 Å². The molecule has 0 fully saturated rings. The summed E-state index contributed by atoms with van der Waals surface area (Å²) in [5, 5.41) is 0. The van der Waals surface area contributed by atoms with Gasteiger partial charge in [0.1, 0.15) is 5.75 Å². The molecule has 1 rings (SSSR count). The van der Waals surface area contributed by atoms with Crippen LogP contribution in [0.15, 0.2) is 22.7 Å². The molecule has 0 aromatic heterocycles.